The van der Waals surface area contributed by atoms with Crippen molar-refractivity contribution in [2.75, 3.05) is 13.2 Å². The average Bonchev–Trinajstić information content (AvgIpc) is 3.35. The molecule has 69 heavy (non-hydrogen) atoms. The first-order chi connectivity index (χ1) is 34.0. The Morgan fingerprint density at radius 2 is 0.522 bits per heavy atom. The molecule has 0 bridgehead atoms. The van der Waals surface area contributed by atoms with Crippen molar-refractivity contribution in [2.24, 2.45) is 0 Å². The molecule has 6 heteroatoms. The van der Waals surface area contributed by atoms with Crippen molar-refractivity contribution in [3.63, 3.8) is 0 Å². The molecule has 0 saturated carbocycles. The Kier molecular flexibility index (Phi) is 56.2. The Morgan fingerprint density at radius 3 is 0.841 bits per heavy atom. The summed E-state index contributed by atoms with van der Waals surface area (Å²) < 4.78 is 16.9. The van der Waals surface area contributed by atoms with Gasteiger partial charge in [-0.2, -0.15) is 0 Å². The average molecular weight is 970 g/mol. The van der Waals surface area contributed by atoms with Crippen LogP contribution in [-0.2, 0) is 28.6 Å². The van der Waals surface area contributed by atoms with Gasteiger partial charge in [-0.15, -0.1) is 0 Å². The largest absolute Gasteiger partial charge is 0.462 e. The van der Waals surface area contributed by atoms with Gasteiger partial charge in [0.1, 0.15) is 13.2 Å². The summed E-state index contributed by atoms with van der Waals surface area (Å²) >= 11 is 0. The van der Waals surface area contributed by atoms with E-state index in [2.05, 4.69) is 57.2 Å². The fourth-order valence-corrected chi connectivity index (χ4v) is 9.00. The molecular formula is C63H116O6. The molecule has 1 atom stereocenters. The quantitative estimate of drug-likeness (QED) is 0.0261. The highest BCUT2D eigenvalue weighted by molar-refractivity contribution is 5.71. The number of allylic oxidation sites excluding steroid dienone is 6. The molecule has 0 rings (SSSR count). The van der Waals surface area contributed by atoms with Gasteiger partial charge in [-0.1, -0.05) is 269 Å². The predicted octanol–water partition coefficient (Wildman–Crippen LogP) is 20.4. The van der Waals surface area contributed by atoms with Gasteiger partial charge in [0.2, 0.25) is 0 Å². The van der Waals surface area contributed by atoms with E-state index in [1.54, 1.807) is 0 Å². The summed E-state index contributed by atoms with van der Waals surface area (Å²) in [5, 5.41) is 0. The molecule has 0 fully saturated rings. The lowest BCUT2D eigenvalue weighted by Gasteiger charge is -2.18. The molecule has 0 spiro atoms. The standard InChI is InChI=1S/C63H116O6/c1-4-7-10-13-16-19-22-25-28-30-31-33-35-38-41-44-47-50-53-56-62(65)68-59-60(58-67-61(64)55-52-49-46-43-40-37-34-27-24-21-18-15-12-9-6-3)69-63(66)57-54-51-48-45-42-39-36-32-29-26-23-20-17-14-11-8-5-2/h18,21,26-27,29,34,60H,4-17,19-20,22-25,28,30-33,35-59H2,1-3H3/b21-18-,29-26-,34-27-/t60-/m1/s1. The van der Waals surface area contributed by atoms with Crippen molar-refractivity contribution in [1.82, 2.24) is 0 Å². The van der Waals surface area contributed by atoms with Crippen LogP contribution in [0, 0.1) is 0 Å². The van der Waals surface area contributed by atoms with Crippen LogP contribution in [-0.4, -0.2) is 37.2 Å². The maximum Gasteiger partial charge on any atom is 0.306 e. The minimum atomic E-state index is -0.778. The van der Waals surface area contributed by atoms with Gasteiger partial charge < -0.3 is 14.2 Å². The number of rotatable bonds is 56. The monoisotopic (exact) mass is 969 g/mol. The van der Waals surface area contributed by atoms with E-state index in [1.165, 1.54) is 212 Å². The fraction of sp³-hybridized carbons (Fsp3) is 0.857. The van der Waals surface area contributed by atoms with Gasteiger partial charge in [0.05, 0.1) is 0 Å². The third-order valence-corrected chi connectivity index (χ3v) is 13.6. The first-order valence-corrected chi connectivity index (χ1v) is 30.5. The first-order valence-electron chi connectivity index (χ1n) is 30.5. The maximum absolute atomic E-state index is 12.9. The molecule has 0 saturated heterocycles. The van der Waals surface area contributed by atoms with Gasteiger partial charge >= 0.3 is 17.9 Å². The lowest BCUT2D eigenvalue weighted by atomic mass is 10.0. The molecule has 6 nitrogen and oxygen atoms in total. The molecule has 0 radical (unpaired) electrons. The minimum absolute atomic E-state index is 0.0745. The molecule has 0 amide bonds. The van der Waals surface area contributed by atoms with E-state index in [9.17, 15) is 14.4 Å². The number of hydrogen-bond acceptors (Lipinski definition) is 6. The van der Waals surface area contributed by atoms with Crippen molar-refractivity contribution in [1.29, 1.82) is 0 Å². The third kappa shape index (κ3) is 56.4. The van der Waals surface area contributed by atoms with E-state index in [1.807, 2.05) is 0 Å². The van der Waals surface area contributed by atoms with Crippen LogP contribution in [0.5, 0.6) is 0 Å². The summed E-state index contributed by atoms with van der Waals surface area (Å²) in [6.07, 6.45) is 69.9. The Balaban J connectivity index is 4.34. The zero-order valence-electron chi connectivity index (χ0n) is 46.3. The van der Waals surface area contributed by atoms with Crippen molar-refractivity contribution in [2.45, 2.75) is 335 Å². The van der Waals surface area contributed by atoms with Crippen LogP contribution >= 0.6 is 0 Å². The Labute approximate surface area is 429 Å². The molecule has 0 aromatic rings. The Bertz CT molecular complexity index is 1160. The van der Waals surface area contributed by atoms with Crippen LogP contribution in [0.2, 0.25) is 0 Å². The fourth-order valence-electron chi connectivity index (χ4n) is 9.00. The van der Waals surface area contributed by atoms with Crippen molar-refractivity contribution >= 4 is 17.9 Å². The number of carbonyl (C=O) groups is 3. The zero-order valence-corrected chi connectivity index (χ0v) is 46.3. The number of ether oxygens (including phenoxy) is 3. The van der Waals surface area contributed by atoms with Gasteiger partial charge in [-0.3, -0.25) is 14.4 Å². The van der Waals surface area contributed by atoms with Crippen LogP contribution in [0.15, 0.2) is 36.5 Å². The molecule has 404 valence electrons. The number of unbranched alkanes of at least 4 members (excludes halogenated alkanes) is 39. The van der Waals surface area contributed by atoms with Gasteiger partial charge in [0.25, 0.3) is 0 Å². The van der Waals surface area contributed by atoms with Gasteiger partial charge in [0.15, 0.2) is 6.10 Å². The van der Waals surface area contributed by atoms with Gasteiger partial charge in [-0.25, -0.2) is 0 Å². The Hall–Kier alpha value is -2.37. The van der Waals surface area contributed by atoms with Gasteiger partial charge in [0, 0.05) is 19.3 Å². The van der Waals surface area contributed by atoms with Crippen molar-refractivity contribution in [3.8, 4) is 0 Å². The van der Waals surface area contributed by atoms with Crippen molar-refractivity contribution < 1.29 is 28.6 Å². The molecule has 0 aromatic carbocycles. The van der Waals surface area contributed by atoms with E-state index in [0.29, 0.717) is 19.3 Å². The summed E-state index contributed by atoms with van der Waals surface area (Å²) in [6.45, 7) is 6.65. The molecule has 0 aliphatic heterocycles. The topological polar surface area (TPSA) is 78.9 Å². The highest BCUT2D eigenvalue weighted by atomic mass is 16.6. The Morgan fingerprint density at radius 1 is 0.290 bits per heavy atom. The van der Waals surface area contributed by atoms with E-state index in [4.69, 9.17) is 14.2 Å². The lowest BCUT2D eigenvalue weighted by molar-refractivity contribution is -0.167. The van der Waals surface area contributed by atoms with E-state index in [-0.39, 0.29) is 31.1 Å². The SMILES string of the molecule is CCCCC/C=C\C/C=C\CCCCCCCC(=O)OC[C@H](COC(=O)CCCCCCCCCCCCCCCCCCCCC)OC(=O)CCCCCCCCC/C=C\CCCCCCCC. The maximum atomic E-state index is 12.9. The third-order valence-electron chi connectivity index (χ3n) is 13.6. The zero-order chi connectivity index (χ0) is 50.0. The van der Waals surface area contributed by atoms with E-state index in [0.717, 1.165) is 77.0 Å². The van der Waals surface area contributed by atoms with Crippen molar-refractivity contribution in [3.05, 3.63) is 36.5 Å². The first kappa shape index (κ1) is 66.6. The van der Waals surface area contributed by atoms with Crippen LogP contribution in [0.1, 0.15) is 329 Å². The lowest BCUT2D eigenvalue weighted by Crippen LogP contribution is -2.30. The predicted molar refractivity (Wildman–Crippen MR) is 298 cm³/mol. The molecular weight excluding hydrogens is 853 g/mol. The normalized spacial score (nSPS) is 12.2. The van der Waals surface area contributed by atoms with E-state index >= 15 is 0 Å². The van der Waals surface area contributed by atoms with Gasteiger partial charge in [-0.05, 0) is 77.0 Å². The number of esters is 3. The molecule has 0 heterocycles. The molecule has 0 unspecified atom stereocenters. The van der Waals surface area contributed by atoms with Crippen LogP contribution in [0.25, 0.3) is 0 Å². The van der Waals surface area contributed by atoms with Crippen LogP contribution in [0.4, 0.5) is 0 Å². The van der Waals surface area contributed by atoms with E-state index < -0.39 is 6.10 Å². The molecule has 0 N–H and O–H groups in total. The second-order valence-corrected chi connectivity index (χ2v) is 20.6. The summed E-state index contributed by atoms with van der Waals surface area (Å²) in [4.78, 5) is 38.2. The number of hydrogen-bond donors (Lipinski definition) is 0. The molecule has 0 aromatic heterocycles. The summed E-state index contributed by atoms with van der Waals surface area (Å²) in [7, 11) is 0. The molecule has 0 aliphatic carbocycles. The van der Waals surface area contributed by atoms with Crippen LogP contribution in [0.3, 0.4) is 0 Å². The molecule has 0 aliphatic rings. The summed E-state index contributed by atoms with van der Waals surface area (Å²) in [5.74, 6) is -0.873. The highest BCUT2D eigenvalue weighted by Crippen LogP contribution is 2.17. The highest BCUT2D eigenvalue weighted by Gasteiger charge is 2.19. The number of carbonyl (C=O) groups excluding carboxylic acids is 3. The minimum Gasteiger partial charge on any atom is -0.462 e. The second kappa shape index (κ2) is 58.2. The second-order valence-electron chi connectivity index (χ2n) is 20.6. The van der Waals surface area contributed by atoms with Crippen LogP contribution < -0.4 is 0 Å². The summed E-state index contributed by atoms with van der Waals surface area (Å²) in [6, 6.07) is 0. The smallest absolute Gasteiger partial charge is 0.306 e. The summed E-state index contributed by atoms with van der Waals surface area (Å²) in [5.41, 5.74) is 0.